The van der Waals surface area contributed by atoms with Crippen molar-refractivity contribution in [3.63, 3.8) is 0 Å². The third-order valence-corrected chi connectivity index (χ3v) is 7.74. The molecule has 0 radical (unpaired) electrons. The first-order valence-electron chi connectivity index (χ1n) is 10.5. The maximum absolute atomic E-state index is 12.9. The Balaban J connectivity index is 1.50. The minimum atomic E-state index is -0.513. The van der Waals surface area contributed by atoms with Crippen LogP contribution >= 0.6 is 59.6 Å². The van der Waals surface area contributed by atoms with E-state index in [4.69, 9.17) is 9.47 Å². The topological polar surface area (TPSA) is 72.9 Å². The zero-order valence-corrected chi connectivity index (χ0v) is 24.4. The van der Waals surface area contributed by atoms with Gasteiger partial charge < -0.3 is 9.47 Å². The Morgan fingerprint density at radius 2 is 1.61 bits per heavy atom. The van der Waals surface area contributed by atoms with Crippen LogP contribution in [0.4, 0.5) is 4.79 Å². The van der Waals surface area contributed by atoms with Crippen molar-refractivity contribution in [2.45, 2.75) is 6.61 Å². The zero-order chi connectivity index (χ0) is 25.8. The number of ketones is 1. The van der Waals surface area contributed by atoms with Crippen LogP contribution in [0.5, 0.6) is 11.5 Å². The molecule has 1 aliphatic rings. The molecule has 2 amide bonds. The lowest BCUT2D eigenvalue weighted by atomic mass is 10.1. The molecule has 1 heterocycles. The minimum absolute atomic E-state index is 0.223. The van der Waals surface area contributed by atoms with Gasteiger partial charge >= 0.3 is 0 Å². The van der Waals surface area contributed by atoms with Gasteiger partial charge in [0, 0.05) is 14.5 Å². The number of Topliss-reactive ketones (excluding diaryl/α,β-unsaturated/α-hetero) is 1. The van der Waals surface area contributed by atoms with Crippen LogP contribution in [-0.4, -0.2) is 35.5 Å². The standard InChI is InChI=1S/C26H18Br3NO5S/c1-34-22-11-16(10-20(29)24(22)35-14-15-2-6-18(27)7-3-15)12-23-25(32)30(26(33)36-23)13-21(31)17-4-8-19(28)9-5-17/h2-12H,13-14H2,1H3/b23-12+. The van der Waals surface area contributed by atoms with Gasteiger partial charge in [0.05, 0.1) is 23.0 Å². The number of carbonyl (C=O) groups excluding carboxylic acids is 3. The fourth-order valence-corrected chi connectivity index (χ4v) is 5.30. The largest absolute Gasteiger partial charge is 0.493 e. The summed E-state index contributed by atoms with van der Waals surface area (Å²) in [5.74, 6) is 0.159. The van der Waals surface area contributed by atoms with Gasteiger partial charge in [0.2, 0.25) is 0 Å². The molecule has 10 heteroatoms. The van der Waals surface area contributed by atoms with E-state index < -0.39 is 11.1 Å². The van der Waals surface area contributed by atoms with Crippen LogP contribution < -0.4 is 9.47 Å². The predicted molar refractivity (Wildman–Crippen MR) is 150 cm³/mol. The summed E-state index contributed by atoms with van der Waals surface area (Å²) in [5, 5.41) is -0.489. The highest BCUT2D eigenvalue weighted by Gasteiger charge is 2.36. The number of ether oxygens (including phenoxy) is 2. The van der Waals surface area contributed by atoms with Crippen LogP contribution in [0.1, 0.15) is 21.5 Å². The molecule has 4 rings (SSSR count). The zero-order valence-electron chi connectivity index (χ0n) is 18.8. The van der Waals surface area contributed by atoms with E-state index in [0.29, 0.717) is 33.7 Å². The van der Waals surface area contributed by atoms with E-state index in [1.807, 2.05) is 24.3 Å². The smallest absolute Gasteiger partial charge is 0.293 e. The van der Waals surface area contributed by atoms with E-state index in [1.54, 1.807) is 42.5 Å². The van der Waals surface area contributed by atoms with E-state index >= 15 is 0 Å². The number of methoxy groups -OCH3 is 1. The first kappa shape index (κ1) is 26.7. The van der Waals surface area contributed by atoms with Crippen LogP contribution in [-0.2, 0) is 11.4 Å². The average Bonchev–Trinajstić information content (AvgIpc) is 3.11. The number of rotatable bonds is 8. The van der Waals surface area contributed by atoms with E-state index in [-0.39, 0.29) is 17.2 Å². The number of halogens is 3. The number of thioether (sulfide) groups is 1. The van der Waals surface area contributed by atoms with E-state index in [0.717, 1.165) is 31.2 Å². The number of hydrogen-bond acceptors (Lipinski definition) is 6. The van der Waals surface area contributed by atoms with E-state index in [2.05, 4.69) is 47.8 Å². The molecule has 0 atom stereocenters. The second-order valence-corrected chi connectivity index (χ2v) is 11.3. The molecule has 3 aromatic rings. The summed E-state index contributed by atoms with van der Waals surface area (Å²) in [7, 11) is 1.53. The van der Waals surface area contributed by atoms with Crippen molar-refractivity contribution in [1.82, 2.24) is 4.90 Å². The quantitative estimate of drug-likeness (QED) is 0.180. The predicted octanol–water partition coefficient (Wildman–Crippen LogP) is 7.48. The first-order valence-corrected chi connectivity index (χ1v) is 13.7. The highest BCUT2D eigenvalue weighted by atomic mass is 79.9. The van der Waals surface area contributed by atoms with E-state index in [1.165, 1.54) is 7.11 Å². The Morgan fingerprint density at radius 3 is 2.25 bits per heavy atom. The Labute approximate surface area is 237 Å². The van der Waals surface area contributed by atoms with Gasteiger partial charge in [0.15, 0.2) is 17.3 Å². The van der Waals surface area contributed by atoms with Gasteiger partial charge in [0.25, 0.3) is 11.1 Å². The van der Waals surface area contributed by atoms with Gasteiger partial charge in [-0.2, -0.15) is 0 Å². The molecule has 0 bridgehead atoms. The highest BCUT2D eigenvalue weighted by Crippen LogP contribution is 2.39. The average molecular weight is 696 g/mol. The molecule has 1 aliphatic heterocycles. The number of imide groups is 1. The van der Waals surface area contributed by atoms with Crippen LogP contribution in [0, 0.1) is 0 Å². The van der Waals surface area contributed by atoms with Crippen molar-refractivity contribution in [2.75, 3.05) is 13.7 Å². The maximum Gasteiger partial charge on any atom is 0.293 e. The molecule has 36 heavy (non-hydrogen) atoms. The summed E-state index contributed by atoms with van der Waals surface area (Å²) >= 11 is 11.0. The van der Waals surface area contributed by atoms with Gasteiger partial charge in [-0.05, 0) is 81.3 Å². The number of hydrogen-bond donors (Lipinski definition) is 0. The summed E-state index contributed by atoms with van der Waals surface area (Å²) in [6.45, 7) is 0.0202. The molecule has 6 nitrogen and oxygen atoms in total. The second-order valence-electron chi connectivity index (χ2n) is 7.65. The normalized spacial score (nSPS) is 14.4. The summed E-state index contributed by atoms with van der Waals surface area (Å²) in [6, 6.07) is 18.0. The Kier molecular flexibility index (Phi) is 8.71. The first-order chi connectivity index (χ1) is 17.2. The molecule has 0 aliphatic carbocycles. The Hall–Kier alpha value is -2.40. The number of nitrogens with zero attached hydrogens (tertiary/aromatic N) is 1. The summed E-state index contributed by atoms with van der Waals surface area (Å²) in [6.07, 6.45) is 1.60. The Morgan fingerprint density at radius 1 is 0.972 bits per heavy atom. The fourth-order valence-electron chi connectivity index (χ4n) is 3.36. The molecule has 1 fully saturated rings. The molecule has 3 aromatic carbocycles. The van der Waals surface area contributed by atoms with Crippen LogP contribution in [0.25, 0.3) is 6.08 Å². The van der Waals surface area contributed by atoms with Gasteiger partial charge in [-0.15, -0.1) is 0 Å². The lowest BCUT2D eigenvalue weighted by Crippen LogP contribution is -2.33. The van der Waals surface area contributed by atoms with Crippen molar-refractivity contribution in [3.05, 3.63) is 95.7 Å². The lowest BCUT2D eigenvalue weighted by molar-refractivity contribution is -0.122. The minimum Gasteiger partial charge on any atom is -0.493 e. The SMILES string of the molecule is COc1cc(/C=C2/SC(=O)N(CC(=O)c3ccc(Br)cc3)C2=O)cc(Br)c1OCc1ccc(Br)cc1. The number of carbonyl (C=O) groups is 3. The van der Waals surface area contributed by atoms with Crippen LogP contribution in [0.3, 0.4) is 0 Å². The summed E-state index contributed by atoms with van der Waals surface area (Å²) in [5.41, 5.74) is 2.05. The lowest BCUT2D eigenvalue weighted by Gasteiger charge is -2.14. The van der Waals surface area contributed by atoms with Crippen LogP contribution in [0.15, 0.2) is 79.0 Å². The second kappa shape index (κ2) is 11.8. The molecule has 0 saturated carbocycles. The van der Waals surface area contributed by atoms with Crippen molar-refractivity contribution in [2.24, 2.45) is 0 Å². The molecular weight excluding hydrogens is 678 g/mol. The Bertz CT molecular complexity index is 1360. The summed E-state index contributed by atoms with van der Waals surface area (Å²) < 4.78 is 13.9. The molecular formula is C26H18Br3NO5S. The van der Waals surface area contributed by atoms with Gasteiger partial charge in [-0.3, -0.25) is 19.3 Å². The number of amides is 2. The van der Waals surface area contributed by atoms with Gasteiger partial charge in [-0.25, -0.2) is 0 Å². The summed E-state index contributed by atoms with van der Waals surface area (Å²) in [4.78, 5) is 39.2. The molecule has 184 valence electrons. The van der Waals surface area contributed by atoms with Crippen molar-refractivity contribution in [3.8, 4) is 11.5 Å². The number of benzene rings is 3. The maximum atomic E-state index is 12.9. The third-order valence-electron chi connectivity index (χ3n) is 5.19. The van der Waals surface area contributed by atoms with E-state index in [9.17, 15) is 14.4 Å². The molecule has 1 saturated heterocycles. The van der Waals surface area contributed by atoms with Crippen molar-refractivity contribution in [1.29, 1.82) is 0 Å². The molecule has 0 spiro atoms. The van der Waals surface area contributed by atoms with Crippen molar-refractivity contribution < 1.29 is 23.9 Å². The van der Waals surface area contributed by atoms with Gasteiger partial charge in [0.1, 0.15) is 6.61 Å². The highest BCUT2D eigenvalue weighted by molar-refractivity contribution is 9.11. The molecule has 0 unspecified atom stereocenters. The fraction of sp³-hybridized carbons (Fsp3) is 0.115. The molecule has 0 aromatic heterocycles. The monoisotopic (exact) mass is 693 g/mol. The third kappa shape index (κ3) is 6.29. The van der Waals surface area contributed by atoms with Gasteiger partial charge in [-0.1, -0.05) is 56.1 Å². The van der Waals surface area contributed by atoms with Crippen LogP contribution in [0.2, 0.25) is 0 Å². The van der Waals surface area contributed by atoms with Crippen molar-refractivity contribution >= 4 is 82.6 Å². The molecule has 0 N–H and O–H groups in total.